The Kier molecular flexibility index (Phi) is 4.62. The highest BCUT2D eigenvalue weighted by Gasteiger charge is 2.21. The molecule has 6 rings (SSSR count). The van der Waals surface area contributed by atoms with Crippen molar-refractivity contribution in [2.45, 2.75) is 0 Å². The van der Waals surface area contributed by atoms with E-state index >= 15 is 0 Å². The molecule has 1 aliphatic rings. The summed E-state index contributed by atoms with van der Waals surface area (Å²) in [6, 6.07) is 28.9. The van der Waals surface area contributed by atoms with Gasteiger partial charge in [0.05, 0.1) is 22.6 Å². The zero-order valence-corrected chi connectivity index (χ0v) is 18.8. The van der Waals surface area contributed by atoms with Crippen LogP contribution >= 0.6 is 15.9 Å². The lowest BCUT2D eigenvalue weighted by atomic mass is 10.1. The maximum Gasteiger partial charge on any atom is 0.162 e. The number of hydrogen-bond donors (Lipinski definition) is 1. The molecular weight excluding hydrogens is 460 g/mol. The van der Waals surface area contributed by atoms with E-state index in [1.807, 2.05) is 36.4 Å². The lowest BCUT2D eigenvalue weighted by Gasteiger charge is -2.14. The maximum absolute atomic E-state index is 5.03. The third kappa shape index (κ3) is 3.22. The highest BCUT2D eigenvalue weighted by atomic mass is 79.9. The lowest BCUT2D eigenvalue weighted by Crippen LogP contribution is -2.08. The number of hydrogen-bond acceptors (Lipinski definition) is 3. The standard InChI is InChI=1S/C27H19BrN4/c28-20-13-14-21-24(16-20)32(23-12-7-15-29-26(21)23)25-17-22(18-8-3-1-4-9-18)30-27(31-25)19-10-5-2-6-11-19/h1-14,16-17,29H,15H2. The van der Waals surface area contributed by atoms with Crippen LogP contribution in [0, 0.1) is 0 Å². The lowest BCUT2D eigenvalue weighted by molar-refractivity contribution is 1.00. The number of anilines is 1. The quantitative estimate of drug-likeness (QED) is 0.304. The zero-order chi connectivity index (χ0) is 21.5. The molecule has 1 N–H and O–H groups in total. The van der Waals surface area contributed by atoms with E-state index in [4.69, 9.17) is 9.97 Å². The Hall–Kier alpha value is -3.70. The van der Waals surface area contributed by atoms with Gasteiger partial charge in [-0.25, -0.2) is 9.97 Å². The van der Waals surface area contributed by atoms with Crippen molar-refractivity contribution in [1.82, 2.24) is 14.5 Å². The van der Waals surface area contributed by atoms with Gasteiger partial charge in [0.1, 0.15) is 5.82 Å². The average Bonchev–Trinajstić information content (AvgIpc) is 3.18. The topological polar surface area (TPSA) is 42.7 Å². The molecule has 1 aliphatic heterocycles. The summed E-state index contributed by atoms with van der Waals surface area (Å²) in [5, 5.41) is 4.72. The number of nitrogens with zero attached hydrogens (tertiary/aromatic N) is 3. The van der Waals surface area contributed by atoms with Crippen LogP contribution in [0.15, 0.2) is 95.5 Å². The first-order valence-electron chi connectivity index (χ1n) is 10.5. The van der Waals surface area contributed by atoms with Crippen LogP contribution in [0.25, 0.3) is 45.4 Å². The van der Waals surface area contributed by atoms with Gasteiger partial charge in [0, 0.05) is 33.6 Å². The van der Waals surface area contributed by atoms with Gasteiger partial charge in [-0.2, -0.15) is 0 Å². The minimum absolute atomic E-state index is 0.709. The van der Waals surface area contributed by atoms with E-state index in [1.165, 1.54) is 5.39 Å². The van der Waals surface area contributed by atoms with Crippen molar-refractivity contribution in [2.75, 3.05) is 11.9 Å². The number of benzene rings is 3. The normalized spacial score (nSPS) is 12.5. The van der Waals surface area contributed by atoms with Crippen molar-refractivity contribution in [3.8, 4) is 28.5 Å². The molecule has 0 aliphatic carbocycles. The summed E-state index contributed by atoms with van der Waals surface area (Å²) in [6.07, 6.45) is 4.32. The third-order valence-corrected chi connectivity index (χ3v) is 6.18. The van der Waals surface area contributed by atoms with E-state index < -0.39 is 0 Å². The predicted octanol–water partition coefficient (Wildman–Crippen LogP) is 6.96. The third-order valence-electron chi connectivity index (χ3n) is 5.68. The molecule has 3 aromatic carbocycles. The largest absolute Gasteiger partial charge is 0.379 e. The fraction of sp³-hybridized carbons (Fsp3) is 0.0370. The molecule has 3 heterocycles. The molecule has 154 valence electrons. The van der Waals surface area contributed by atoms with E-state index in [1.54, 1.807) is 0 Å². The Morgan fingerprint density at radius 1 is 0.812 bits per heavy atom. The van der Waals surface area contributed by atoms with Gasteiger partial charge in [-0.15, -0.1) is 0 Å². The van der Waals surface area contributed by atoms with Crippen LogP contribution in [0.3, 0.4) is 0 Å². The smallest absolute Gasteiger partial charge is 0.162 e. The van der Waals surface area contributed by atoms with E-state index in [2.05, 4.69) is 86.5 Å². The number of fused-ring (bicyclic) bond motifs is 3. The second kappa shape index (κ2) is 7.77. The summed E-state index contributed by atoms with van der Waals surface area (Å²) >= 11 is 3.65. The fourth-order valence-corrected chi connectivity index (χ4v) is 4.57. The van der Waals surface area contributed by atoms with Gasteiger partial charge < -0.3 is 5.32 Å². The summed E-state index contributed by atoms with van der Waals surface area (Å²) in [4.78, 5) is 9.96. The van der Waals surface area contributed by atoms with E-state index in [0.29, 0.717) is 5.82 Å². The zero-order valence-electron chi connectivity index (χ0n) is 17.2. The van der Waals surface area contributed by atoms with Crippen molar-refractivity contribution in [2.24, 2.45) is 0 Å². The minimum atomic E-state index is 0.709. The summed E-state index contributed by atoms with van der Waals surface area (Å²) in [5.74, 6) is 1.55. The number of nitrogens with one attached hydrogen (secondary N) is 1. The van der Waals surface area contributed by atoms with Gasteiger partial charge in [-0.1, -0.05) is 82.7 Å². The Balaban J connectivity index is 1.67. The monoisotopic (exact) mass is 478 g/mol. The number of rotatable bonds is 3. The molecule has 0 saturated heterocycles. The fourth-order valence-electron chi connectivity index (χ4n) is 4.22. The van der Waals surface area contributed by atoms with Crippen LogP contribution < -0.4 is 5.32 Å². The summed E-state index contributed by atoms with van der Waals surface area (Å²) in [7, 11) is 0. The number of halogens is 1. The minimum Gasteiger partial charge on any atom is -0.379 e. The van der Waals surface area contributed by atoms with Crippen molar-refractivity contribution >= 4 is 38.6 Å². The van der Waals surface area contributed by atoms with Crippen molar-refractivity contribution in [3.63, 3.8) is 0 Å². The first-order valence-corrected chi connectivity index (χ1v) is 11.3. The SMILES string of the molecule is Brc1ccc2c3c(n(-c4cc(-c5ccccc5)nc(-c5ccccc5)n4)c2c1)C=CCN3. The van der Waals surface area contributed by atoms with Gasteiger partial charge >= 0.3 is 0 Å². The molecule has 0 spiro atoms. The molecule has 5 heteroatoms. The predicted molar refractivity (Wildman–Crippen MR) is 135 cm³/mol. The Bertz CT molecular complexity index is 1410. The molecule has 0 amide bonds. The highest BCUT2D eigenvalue weighted by Crippen LogP contribution is 2.38. The Morgan fingerprint density at radius 3 is 2.34 bits per heavy atom. The van der Waals surface area contributed by atoms with Crippen molar-refractivity contribution < 1.29 is 0 Å². The molecule has 4 nitrogen and oxygen atoms in total. The van der Waals surface area contributed by atoms with Crippen LogP contribution in [0.2, 0.25) is 0 Å². The summed E-state index contributed by atoms with van der Waals surface area (Å²) in [6.45, 7) is 0.816. The molecule has 0 fully saturated rings. The van der Waals surface area contributed by atoms with E-state index in [0.717, 1.165) is 50.6 Å². The van der Waals surface area contributed by atoms with Crippen LogP contribution in [0.5, 0.6) is 0 Å². The molecule has 0 unspecified atom stereocenters. The van der Waals surface area contributed by atoms with Gasteiger partial charge in [0.15, 0.2) is 5.82 Å². The maximum atomic E-state index is 5.03. The van der Waals surface area contributed by atoms with Crippen molar-refractivity contribution in [1.29, 1.82) is 0 Å². The van der Waals surface area contributed by atoms with Crippen LogP contribution in [0.1, 0.15) is 5.69 Å². The number of aromatic nitrogens is 3. The van der Waals surface area contributed by atoms with Gasteiger partial charge in [0.25, 0.3) is 0 Å². The summed E-state index contributed by atoms with van der Waals surface area (Å²) in [5.41, 5.74) is 6.28. The van der Waals surface area contributed by atoms with Crippen LogP contribution in [-0.2, 0) is 0 Å². The molecule has 2 aromatic heterocycles. The highest BCUT2D eigenvalue weighted by molar-refractivity contribution is 9.10. The average molecular weight is 479 g/mol. The Morgan fingerprint density at radius 2 is 1.56 bits per heavy atom. The molecular formula is C27H19BrN4. The molecule has 5 aromatic rings. The first kappa shape index (κ1) is 19.0. The van der Waals surface area contributed by atoms with Gasteiger partial charge in [-0.3, -0.25) is 4.57 Å². The molecule has 0 bridgehead atoms. The van der Waals surface area contributed by atoms with Crippen molar-refractivity contribution in [3.05, 3.63) is 101 Å². The Labute approximate surface area is 194 Å². The molecule has 0 radical (unpaired) electrons. The van der Waals surface area contributed by atoms with Gasteiger partial charge in [-0.05, 0) is 24.3 Å². The molecule has 0 saturated carbocycles. The van der Waals surface area contributed by atoms with Gasteiger partial charge in [0.2, 0.25) is 0 Å². The summed E-state index contributed by atoms with van der Waals surface area (Å²) < 4.78 is 3.25. The van der Waals surface area contributed by atoms with E-state index in [9.17, 15) is 0 Å². The molecule has 0 atom stereocenters. The van der Waals surface area contributed by atoms with Crippen LogP contribution in [-0.4, -0.2) is 21.1 Å². The molecule has 32 heavy (non-hydrogen) atoms. The van der Waals surface area contributed by atoms with Crippen LogP contribution in [0.4, 0.5) is 5.69 Å². The second-order valence-corrected chi connectivity index (χ2v) is 8.62. The van der Waals surface area contributed by atoms with E-state index in [-0.39, 0.29) is 0 Å². The second-order valence-electron chi connectivity index (χ2n) is 7.71. The first-order chi connectivity index (χ1) is 15.8.